The van der Waals surface area contributed by atoms with E-state index < -0.39 is 17.7 Å². The maximum atomic E-state index is 14.0. The molecule has 2 aromatic rings. The SMILES string of the molecule is COc1cccc(CC(O)c2cccc(Cl)c2F)c1F. The summed E-state index contributed by atoms with van der Waals surface area (Å²) in [6.07, 6.45) is -1.25. The Hall–Kier alpha value is -1.65. The lowest BCUT2D eigenvalue weighted by Crippen LogP contribution is -2.06. The second kappa shape index (κ2) is 6.20. The number of aliphatic hydroxyl groups is 1. The van der Waals surface area contributed by atoms with Crippen LogP contribution < -0.4 is 4.74 Å². The summed E-state index contributed by atoms with van der Waals surface area (Å²) in [7, 11) is 1.36. The fraction of sp³-hybridized carbons (Fsp3) is 0.200. The van der Waals surface area contributed by atoms with Gasteiger partial charge in [0.15, 0.2) is 11.6 Å². The summed E-state index contributed by atoms with van der Waals surface area (Å²) < 4.78 is 32.6. The molecule has 106 valence electrons. The van der Waals surface area contributed by atoms with Crippen LogP contribution in [0.1, 0.15) is 17.2 Å². The number of rotatable bonds is 4. The number of halogens is 3. The Labute approximate surface area is 120 Å². The van der Waals surface area contributed by atoms with Gasteiger partial charge in [-0.05, 0) is 17.7 Å². The van der Waals surface area contributed by atoms with E-state index in [1.165, 1.54) is 37.4 Å². The van der Waals surface area contributed by atoms with Crippen LogP contribution in [-0.4, -0.2) is 12.2 Å². The highest BCUT2D eigenvalue weighted by Gasteiger charge is 2.18. The molecule has 2 nitrogen and oxygen atoms in total. The zero-order valence-corrected chi connectivity index (χ0v) is 11.5. The minimum atomic E-state index is -1.18. The molecule has 0 saturated carbocycles. The number of methoxy groups -OCH3 is 1. The summed E-state index contributed by atoms with van der Waals surface area (Å²) in [6, 6.07) is 8.95. The summed E-state index contributed by atoms with van der Waals surface area (Å²) in [5.74, 6) is -1.16. The van der Waals surface area contributed by atoms with Crippen molar-refractivity contribution >= 4 is 11.6 Å². The number of aliphatic hydroxyl groups excluding tert-OH is 1. The van der Waals surface area contributed by atoms with Gasteiger partial charge in [0.2, 0.25) is 0 Å². The molecule has 0 spiro atoms. The summed E-state index contributed by atoms with van der Waals surface area (Å²) in [5, 5.41) is 9.98. The molecule has 0 saturated heterocycles. The lowest BCUT2D eigenvalue weighted by Gasteiger charge is -2.14. The van der Waals surface area contributed by atoms with Crippen LogP contribution in [0, 0.1) is 11.6 Å². The van der Waals surface area contributed by atoms with Gasteiger partial charge in [0.1, 0.15) is 5.82 Å². The fourth-order valence-electron chi connectivity index (χ4n) is 1.97. The summed E-state index contributed by atoms with van der Waals surface area (Å²) in [4.78, 5) is 0. The lowest BCUT2D eigenvalue weighted by atomic mass is 10.0. The van der Waals surface area contributed by atoms with Crippen molar-refractivity contribution in [2.45, 2.75) is 12.5 Å². The zero-order valence-electron chi connectivity index (χ0n) is 10.7. The number of ether oxygens (including phenoxy) is 1. The fourth-order valence-corrected chi connectivity index (χ4v) is 2.15. The predicted octanol–water partition coefficient (Wildman–Crippen LogP) is 3.90. The van der Waals surface area contributed by atoms with E-state index >= 15 is 0 Å². The van der Waals surface area contributed by atoms with Gasteiger partial charge in [-0.25, -0.2) is 8.78 Å². The van der Waals surface area contributed by atoms with E-state index in [-0.39, 0.29) is 28.3 Å². The van der Waals surface area contributed by atoms with E-state index in [0.717, 1.165) is 0 Å². The van der Waals surface area contributed by atoms with Crippen molar-refractivity contribution in [3.05, 3.63) is 64.2 Å². The Bertz CT molecular complexity index is 617. The van der Waals surface area contributed by atoms with E-state index in [4.69, 9.17) is 16.3 Å². The molecular formula is C15H13ClF2O2. The van der Waals surface area contributed by atoms with Crippen LogP contribution in [0.5, 0.6) is 5.75 Å². The van der Waals surface area contributed by atoms with Gasteiger partial charge in [-0.3, -0.25) is 0 Å². The zero-order chi connectivity index (χ0) is 14.7. The first kappa shape index (κ1) is 14.8. The van der Waals surface area contributed by atoms with Gasteiger partial charge in [-0.2, -0.15) is 0 Å². The molecule has 1 N–H and O–H groups in total. The average molecular weight is 299 g/mol. The summed E-state index contributed by atoms with van der Waals surface area (Å²) in [5.41, 5.74) is 0.288. The van der Waals surface area contributed by atoms with Gasteiger partial charge in [0, 0.05) is 12.0 Å². The maximum absolute atomic E-state index is 14.0. The molecule has 0 aromatic heterocycles. The topological polar surface area (TPSA) is 29.5 Å². The molecule has 2 rings (SSSR count). The highest BCUT2D eigenvalue weighted by molar-refractivity contribution is 6.30. The van der Waals surface area contributed by atoms with E-state index in [1.807, 2.05) is 0 Å². The molecule has 0 aliphatic carbocycles. The van der Waals surface area contributed by atoms with Gasteiger partial charge in [0.05, 0.1) is 18.2 Å². The van der Waals surface area contributed by atoms with Crippen molar-refractivity contribution in [1.82, 2.24) is 0 Å². The van der Waals surface area contributed by atoms with Crippen molar-refractivity contribution in [1.29, 1.82) is 0 Å². The Morgan fingerprint density at radius 2 is 1.85 bits per heavy atom. The molecule has 2 aromatic carbocycles. The first-order valence-electron chi connectivity index (χ1n) is 5.98. The van der Waals surface area contributed by atoms with Crippen LogP contribution in [0.4, 0.5) is 8.78 Å². The molecule has 0 heterocycles. The van der Waals surface area contributed by atoms with Crippen molar-refractivity contribution in [3.63, 3.8) is 0 Å². The molecular weight excluding hydrogens is 286 g/mol. The highest BCUT2D eigenvalue weighted by atomic mass is 35.5. The van der Waals surface area contributed by atoms with E-state index in [9.17, 15) is 13.9 Å². The predicted molar refractivity (Wildman–Crippen MR) is 73.0 cm³/mol. The third kappa shape index (κ3) is 2.92. The molecule has 0 aliphatic rings. The molecule has 1 unspecified atom stereocenters. The molecule has 0 bridgehead atoms. The Balaban J connectivity index is 2.28. The Morgan fingerprint density at radius 1 is 1.15 bits per heavy atom. The highest BCUT2D eigenvalue weighted by Crippen LogP contribution is 2.28. The normalized spacial score (nSPS) is 12.2. The largest absolute Gasteiger partial charge is 0.494 e. The van der Waals surface area contributed by atoms with Crippen molar-refractivity contribution in [2.24, 2.45) is 0 Å². The Kier molecular flexibility index (Phi) is 4.57. The minimum absolute atomic E-state index is 0.0414. The third-order valence-electron chi connectivity index (χ3n) is 3.02. The van der Waals surface area contributed by atoms with Crippen LogP contribution >= 0.6 is 11.6 Å². The van der Waals surface area contributed by atoms with Crippen LogP contribution in [0.3, 0.4) is 0 Å². The second-order valence-electron chi connectivity index (χ2n) is 4.30. The number of hydrogen-bond donors (Lipinski definition) is 1. The summed E-state index contributed by atoms with van der Waals surface area (Å²) in [6.45, 7) is 0. The monoisotopic (exact) mass is 298 g/mol. The summed E-state index contributed by atoms with van der Waals surface area (Å²) >= 11 is 5.66. The molecule has 20 heavy (non-hydrogen) atoms. The number of benzene rings is 2. The lowest BCUT2D eigenvalue weighted by molar-refractivity contribution is 0.172. The van der Waals surface area contributed by atoms with E-state index in [2.05, 4.69) is 0 Å². The second-order valence-corrected chi connectivity index (χ2v) is 4.70. The molecule has 1 atom stereocenters. The van der Waals surface area contributed by atoms with Crippen molar-refractivity contribution in [2.75, 3.05) is 7.11 Å². The molecule has 0 aliphatic heterocycles. The average Bonchev–Trinajstić information content (AvgIpc) is 2.44. The first-order valence-corrected chi connectivity index (χ1v) is 6.35. The van der Waals surface area contributed by atoms with Crippen LogP contribution in [0.15, 0.2) is 36.4 Å². The number of hydrogen-bond acceptors (Lipinski definition) is 2. The molecule has 0 fully saturated rings. The Morgan fingerprint density at radius 3 is 2.55 bits per heavy atom. The molecule has 0 radical (unpaired) electrons. The van der Waals surface area contributed by atoms with E-state index in [1.54, 1.807) is 6.07 Å². The minimum Gasteiger partial charge on any atom is -0.494 e. The van der Waals surface area contributed by atoms with Gasteiger partial charge in [-0.15, -0.1) is 0 Å². The molecule has 0 amide bonds. The van der Waals surface area contributed by atoms with Gasteiger partial charge >= 0.3 is 0 Å². The van der Waals surface area contributed by atoms with Crippen molar-refractivity contribution in [3.8, 4) is 5.75 Å². The maximum Gasteiger partial charge on any atom is 0.168 e. The standard InChI is InChI=1S/C15H13ClF2O2/c1-20-13-7-2-4-9(14(13)17)8-12(19)10-5-3-6-11(16)15(10)18/h2-7,12,19H,8H2,1H3. The van der Waals surface area contributed by atoms with Crippen LogP contribution in [0.25, 0.3) is 0 Å². The van der Waals surface area contributed by atoms with Gasteiger partial charge in [0.25, 0.3) is 0 Å². The first-order chi connectivity index (χ1) is 9.54. The van der Waals surface area contributed by atoms with Crippen LogP contribution in [-0.2, 0) is 6.42 Å². The van der Waals surface area contributed by atoms with Crippen molar-refractivity contribution < 1.29 is 18.6 Å². The molecule has 5 heteroatoms. The van der Waals surface area contributed by atoms with Crippen LogP contribution in [0.2, 0.25) is 5.02 Å². The third-order valence-corrected chi connectivity index (χ3v) is 3.31. The smallest absolute Gasteiger partial charge is 0.168 e. The quantitative estimate of drug-likeness (QED) is 0.927. The van der Waals surface area contributed by atoms with E-state index in [0.29, 0.717) is 0 Å². The van der Waals surface area contributed by atoms with Gasteiger partial charge in [-0.1, -0.05) is 35.9 Å². The van der Waals surface area contributed by atoms with Gasteiger partial charge < -0.3 is 9.84 Å².